The van der Waals surface area contributed by atoms with E-state index in [4.69, 9.17) is 18.9 Å². The fourth-order valence-corrected chi connectivity index (χ4v) is 4.51. The highest BCUT2D eigenvalue weighted by Crippen LogP contribution is 2.26. The van der Waals surface area contributed by atoms with Crippen LogP contribution in [0.25, 0.3) is 0 Å². The molecule has 2 amide bonds. The van der Waals surface area contributed by atoms with Gasteiger partial charge in [0.15, 0.2) is 0 Å². The van der Waals surface area contributed by atoms with E-state index in [1.165, 1.54) is 9.80 Å². The molecule has 2 saturated heterocycles. The first-order valence-electron chi connectivity index (χ1n) is 13.3. The van der Waals surface area contributed by atoms with E-state index in [0.29, 0.717) is 0 Å². The molecule has 2 fully saturated rings. The summed E-state index contributed by atoms with van der Waals surface area (Å²) in [6, 6.07) is 5.40. The molecule has 0 aromatic heterocycles. The Morgan fingerprint density at radius 3 is 1.30 bits per heavy atom. The van der Waals surface area contributed by atoms with Crippen molar-refractivity contribution in [3.63, 3.8) is 0 Å². The van der Waals surface area contributed by atoms with Crippen molar-refractivity contribution in [2.45, 2.75) is 103 Å². The number of benzene rings is 1. The van der Waals surface area contributed by atoms with Gasteiger partial charge in [0.2, 0.25) is 0 Å². The molecule has 2 aliphatic rings. The van der Waals surface area contributed by atoms with Gasteiger partial charge in [-0.25, -0.2) is 19.2 Å². The summed E-state index contributed by atoms with van der Waals surface area (Å²) in [7, 11) is 0. The second-order valence-corrected chi connectivity index (χ2v) is 12.1. The topological polar surface area (TPSA) is 152 Å². The number of amides is 2. The molecule has 0 radical (unpaired) electrons. The normalized spacial score (nSPS) is 23.2. The maximum Gasteiger partial charge on any atom is 0.411 e. The minimum Gasteiger partial charge on any atom is -0.480 e. The molecule has 1 aromatic carbocycles. The Morgan fingerprint density at radius 1 is 0.700 bits per heavy atom. The molecule has 0 bridgehead atoms. The Balaban J connectivity index is 1.50. The van der Waals surface area contributed by atoms with E-state index in [0.717, 1.165) is 11.1 Å². The summed E-state index contributed by atoms with van der Waals surface area (Å²) in [5.74, 6) is -2.21. The number of hydrogen-bond acceptors (Lipinski definition) is 8. The molecular formula is C28H40N2O10. The lowest BCUT2D eigenvalue weighted by Gasteiger charge is -2.26. The molecule has 0 aliphatic carbocycles. The quantitative estimate of drug-likeness (QED) is 0.479. The molecule has 3 rings (SSSR count). The largest absolute Gasteiger partial charge is 0.480 e. The van der Waals surface area contributed by atoms with Gasteiger partial charge in [-0.15, -0.1) is 0 Å². The SMILES string of the molecule is CC(C)(C)OC(=O)N1C[C@@H](OCc2ccc(CO[C@H]3C[C@@H](C(=O)O)N(C(=O)OC(C)(C)C)C3)cc2)C[C@H]1C(=O)O. The van der Waals surface area contributed by atoms with Gasteiger partial charge in [0.25, 0.3) is 0 Å². The molecule has 12 nitrogen and oxygen atoms in total. The summed E-state index contributed by atoms with van der Waals surface area (Å²) in [5.41, 5.74) is 0.235. The molecule has 2 heterocycles. The van der Waals surface area contributed by atoms with E-state index in [1.54, 1.807) is 41.5 Å². The zero-order valence-electron chi connectivity index (χ0n) is 23.9. The Bertz CT molecular complexity index is 991. The first-order chi connectivity index (χ1) is 18.5. The second-order valence-electron chi connectivity index (χ2n) is 12.1. The van der Waals surface area contributed by atoms with E-state index in [2.05, 4.69) is 0 Å². The number of ether oxygens (including phenoxy) is 4. The number of carbonyl (C=O) groups is 4. The maximum atomic E-state index is 12.5. The fourth-order valence-electron chi connectivity index (χ4n) is 4.51. The zero-order valence-corrected chi connectivity index (χ0v) is 23.9. The first-order valence-corrected chi connectivity index (χ1v) is 13.3. The number of carbonyl (C=O) groups excluding carboxylic acids is 2. The van der Waals surface area contributed by atoms with Crippen LogP contribution < -0.4 is 0 Å². The predicted molar refractivity (Wildman–Crippen MR) is 142 cm³/mol. The minimum absolute atomic E-state index is 0.122. The Morgan fingerprint density at radius 2 is 1.02 bits per heavy atom. The van der Waals surface area contributed by atoms with E-state index in [-0.39, 0.29) is 39.1 Å². The molecule has 0 spiro atoms. The number of likely N-dealkylation sites (tertiary alicyclic amines) is 2. The standard InChI is InChI=1S/C28H40N2O10/c1-27(2,3)39-25(35)29-13-19(11-21(29)23(31)32)37-15-17-7-9-18(10-8-17)16-38-20-12-22(24(33)34)30(14-20)26(36)40-28(4,5)6/h7-10,19-22H,11-16H2,1-6H3,(H,31,32)(H,33,34)/t19-,20-,21-,22-/m0/s1. The fraction of sp³-hybridized carbons (Fsp3) is 0.643. The van der Waals surface area contributed by atoms with Crippen molar-refractivity contribution in [1.82, 2.24) is 9.80 Å². The third-order valence-corrected chi connectivity index (χ3v) is 6.35. The van der Waals surface area contributed by atoms with Crippen molar-refractivity contribution in [1.29, 1.82) is 0 Å². The van der Waals surface area contributed by atoms with Gasteiger partial charge in [-0.1, -0.05) is 24.3 Å². The molecular weight excluding hydrogens is 524 g/mol. The highest BCUT2D eigenvalue weighted by molar-refractivity contribution is 5.81. The number of hydrogen-bond donors (Lipinski definition) is 2. The van der Waals surface area contributed by atoms with Crippen molar-refractivity contribution in [3.05, 3.63) is 35.4 Å². The summed E-state index contributed by atoms with van der Waals surface area (Å²) < 4.78 is 22.5. The van der Waals surface area contributed by atoms with Crippen LogP contribution in [0.15, 0.2) is 24.3 Å². The molecule has 2 N–H and O–H groups in total. The summed E-state index contributed by atoms with van der Waals surface area (Å²) in [6.45, 7) is 11.0. The van der Waals surface area contributed by atoms with Gasteiger partial charge in [0.1, 0.15) is 23.3 Å². The Labute approximate surface area is 234 Å². The zero-order chi connectivity index (χ0) is 29.8. The molecule has 1 aromatic rings. The van der Waals surface area contributed by atoms with E-state index >= 15 is 0 Å². The Hall–Kier alpha value is -3.38. The number of carboxylic acids is 2. The average molecular weight is 565 g/mol. The molecule has 4 atom stereocenters. The van der Waals surface area contributed by atoms with Gasteiger partial charge >= 0.3 is 24.1 Å². The minimum atomic E-state index is -1.10. The first kappa shape index (κ1) is 31.2. The van der Waals surface area contributed by atoms with Crippen LogP contribution >= 0.6 is 0 Å². The van der Waals surface area contributed by atoms with E-state index < -0.39 is 59.6 Å². The number of carboxylic acid groups (broad SMARTS) is 2. The van der Waals surface area contributed by atoms with Crippen molar-refractivity contribution in [2.75, 3.05) is 13.1 Å². The highest BCUT2D eigenvalue weighted by atomic mass is 16.6. The second kappa shape index (κ2) is 12.4. The van der Waals surface area contributed by atoms with Crippen LogP contribution in [0.1, 0.15) is 65.5 Å². The summed E-state index contributed by atoms with van der Waals surface area (Å²) >= 11 is 0. The smallest absolute Gasteiger partial charge is 0.411 e. The lowest BCUT2D eigenvalue weighted by Crippen LogP contribution is -2.43. The van der Waals surface area contributed by atoms with Crippen LogP contribution in [0.4, 0.5) is 9.59 Å². The van der Waals surface area contributed by atoms with Crippen LogP contribution in [0.5, 0.6) is 0 Å². The molecule has 0 unspecified atom stereocenters. The van der Waals surface area contributed by atoms with Gasteiger partial charge < -0.3 is 29.2 Å². The van der Waals surface area contributed by atoms with Crippen LogP contribution in [0, 0.1) is 0 Å². The highest BCUT2D eigenvalue weighted by Gasteiger charge is 2.43. The van der Waals surface area contributed by atoms with E-state index in [9.17, 15) is 29.4 Å². The van der Waals surface area contributed by atoms with E-state index in [1.807, 2.05) is 24.3 Å². The van der Waals surface area contributed by atoms with Crippen molar-refractivity contribution in [3.8, 4) is 0 Å². The van der Waals surface area contributed by atoms with Crippen LogP contribution in [0.3, 0.4) is 0 Å². The van der Waals surface area contributed by atoms with Crippen molar-refractivity contribution in [2.24, 2.45) is 0 Å². The summed E-state index contributed by atoms with van der Waals surface area (Å²) in [4.78, 5) is 50.7. The van der Waals surface area contributed by atoms with Crippen LogP contribution in [-0.2, 0) is 41.8 Å². The maximum absolute atomic E-state index is 12.5. The lowest BCUT2D eigenvalue weighted by molar-refractivity contribution is -0.142. The van der Waals surface area contributed by atoms with Crippen LogP contribution in [-0.4, -0.2) is 92.7 Å². The molecule has 0 saturated carbocycles. The van der Waals surface area contributed by atoms with Gasteiger partial charge in [-0.2, -0.15) is 0 Å². The molecule has 222 valence electrons. The van der Waals surface area contributed by atoms with Gasteiger partial charge in [0.05, 0.1) is 38.5 Å². The van der Waals surface area contributed by atoms with Gasteiger partial charge in [-0.05, 0) is 52.7 Å². The molecule has 40 heavy (non-hydrogen) atoms. The summed E-state index contributed by atoms with van der Waals surface area (Å²) in [5, 5.41) is 19.1. The average Bonchev–Trinajstić information content (AvgIpc) is 3.45. The third kappa shape index (κ3) is 8.82. The lowest BCUT2D eigenvalue weighted by atomic mass is 10.1. The van der Waals surface area contributed by atoms with Crippen molar-refractivity contribution < 1.29 is 48.3 Å². The third-order valence-electron chi connectivity index (χ3n) is 6.35. The number of aliphatic carboxylic acids is 2. The van der Waals surface area contributed by atoms with Crippen LogP contribution in [0.2, 0.25) is 0 Å². The van der Waals surface area contributed by atoms with Gasteiger partial charge in [-0.3, -0.25) is 9.80 Å². The number of nitrogens with zero attached hydrogens (tertiary/aromatic N) is 2. The monoisotopic (exact) mass is 564 g/mol. The molecule has 12 heteroatoms. The Kier molecular flexibility index (Phi) is 9.68. The van der Waals surface area contributed by atoms with Crippen molar-refractivity contribution >= 4 is 24.1 Å². The van der Waals surface area contributed by atoms with Gasteiger partial charge in [0, 0.05) is 12.8 Å². The molecule has 2 aliphatic heterocycles. The predicted octanol–water partition coefficient (Wildman–Crippen LogP) is 3.65. The summed E-state index contributed by atoms with van der Waals surface area (Å²) in [6.07, 6.45) is -1.93. The number of rotatable bonds is 8.